The number of H-pyrrole nitrogens is 1. The second kappa shape index (κ2) is 8.68. The van der Waals surface area contributed by atoms with Crippen molar-refractivity contribution in [2.45, 2.75) is 18.9 Å². The number of anilines is 3. The van der Waals surface area contributed by atoms with Gasteiger partial charge < -0.3 is 30.4 Å². The van der Waals surface area contributed by atoms with Crippen LogP contribution in [0, 0.1) is 0 Å². The molecule has 0 spiro atoms. The minimum absolute atomic E-state index is 0.146. The number of hydrogen-bond acceptors (Lipinski definition) is 7. The Balaban J connectivity index is 1.54. The lowest BCUT2D eigenvalue weighted by molar-refractivity contribution is -0.0411. The molecule has 5 rings (SSSR count). The topological polar surface area (TPSA) is 113 Å². The number of hydrogen-bond donors (Lipinski definition) is 4. The zero-order valence-electron chi connectivity index (χ0n) is 17.5. The van der Waals surface area contributed by atoms with Crippen LogP contribution in [-0.2, 0) is 11.2 Å². The highest BCUT2D eigenvalue weighted by Gasteiger charge is 2.28. The lowest BCUT2D eigenvalue weighted by atomic mass is 10.1. The lowest BCUT2D eigenvalue weighted by Crippen LogP contribution is -2.33. The number of aromatic nitrogens is 3. The molecule has 1 fully saturated rings. The number of fused-ring (bicyclic) bond motifs is 1. The van der Waals surface area contributed by atoms with E-state index >= 15 is 0 Å². The highest BCUT2D eigenvalue weighted by Crippen LogP contribution is 2.40. The zero-order chi connectivity index (χ0) is 22.1. The summed E-state index contributed by atoms with van der Waals surface area (Å²) in [5, 5.41) is 9.96. The molecule has 1 saturated heterocycles. The molecule has 166 valence electrons. The normalized spacial score (nSPS) is 17.2. The van der Waals surface area contributed by atoms with E-state index in [4.69, 9.17) is 21.1 Å². The number of methoxy groups -OCH3 is 1. The molecular weight excluding hydrogens is 432 g/mol. The number of aromatic amines is 1. The van der Waals surface area contributed by atoms with Crippen molar-refractivity contribution < 1.29 is 14.3 Å². The van der Waals surface area contributed by atoms with Crippen LogP contribution in [0.5, 0.6) is 5.75 Å². The molecular formula is C22H23ClN6O3. The quantitative estimate of drug-likeness (QED) is 0.433. The number of halogens is 1. The highest BCUT2D eigenvalue weighted by molar-refractivity contribution is 6.32. The highest BCUT2D eigenvalue weighted by atomic mass is 35.5. The summed E-state index contributed by atoms with van der Waals surface area (Å²) in [6.45, 7) is 2.02. The maximum absolute atomic E-state index is 12.8. The van der Waals surface area contributed by atoms with Gasteiger partial charge in [0.05, 0.1) is 46.6 Å². The third-order valence-electron chi connectivity index (χ3n) is 5.59. The van der Waals surface area contributed by atoms with E-state index in [0.29, 0.717) is 64.6 Å². The Morgan fingerprint density at radius 2 is 2.22 bits per heavy atom. The second-order valence-corrected chi connectivity index (χ2v) is 8.02. The van der Waals surface area contributed by atoms with Crippen molar-refractivity contribution in [1.29, 1.82) is 0 Å². The van der Waals surface area contributed by atoms with Crippen molar-refractivity contribution in [3.05, 3.63) is 46.7 Å². The van der Waals surface area contributed by atoms with Gasteiger partial charge in [0.15, 0.2) is 5.75 Å². The second-order valence-electron chi connectivity index (χ2n) is 7.61. The molecule has 3 aromatic rings. The molecule has 1 aromatic carbocycles. The number of amides is 1. The summed E-state index contributed by atoms with van der Waals surface area (Å²) < 4.78 is 10.9. The zero-order valence-corrected chi connectivity index (χ0v) is 18.3. The predicted octanol–water partition coefficient (Wildman–Crippen LogP) is 3.36. The fourth-order valence-corrected chi connectivity index (χ4v) is 4.13. The molecule has 2 aliphatic heterocycles. The van der Waals surface area contributed by atoms with E-state index in [1.165, 1.54) is 0 Å². The third-order valence-corrected chi connectivity index (χ3v) is 5.89. The number of ether oxygens (including phenoxy) is 2. The monoisotopic (exact) mass is 454 g/mol. The first-order valence-corrected chi connectivity index (χ1v) is 10.8. The summed E-state index contributed by atoms with van der Waals surface area (Å²) >= 11 is 6.31. The summed E-state index contributed by atoms with van der Waals surface area (Å²) in [5.74, 6) is 0.852. The first-order chi connectivity index (χ1) is 15.6. The Kier molecular flexibility index (Phi) is 5.59. The van der Waals surface area contributed by atoms with Crippen LogP contribution in [0.1, 0.15) is 22.5 Å². The summed E-state index contributed by atoms with van der Waals surface area (Å²) in [4.78, 5) is 25.1. The molecule has 1 amide bonds. The molecule has 2 aliphatic rings. The van der Waals surface area contributed by atoms with Crippen molar-refractivity contribution >= 4 is 34.8 Å². The summed E-state index contributed by atoms with van der Waals surface area (Å²) in [7, 11) is 1.56. The molecule has 0 unspecified atom stereocenters. The molecule has 1 atom stereocenters. The van der Waals surface area contributed by atoms with E-state index in [2.05, 4.69) is 30.9 Å². The molecule has 4 heterocycles. The summed E-state index contributed by atoms with van der Waals surface area (Å²) in [6, 6.07) is 7.22. The number of para-hydroxylation sites is 1. The van der Waals surface area contributed by atoms with Crippen molar-refractivity contribution in [1.82, 2.24) is 20.3 Å². The van der Waals surface area contributed by atoms with Crippen LogP contribution in [0.15, 0.2) is 30.5 Å². The van der Waals surface area contributed by atoms with Gasteiger partial charge >= 0.3 is 0 Å². The fraction of sp³-hybridized carbons (Fsp3) is 0.318. The van der Waals surface area contributed by atoms with Crippen LogP contribution in [0.25, 0.3) is 11.4 Å². The Bertz CT molecular complexity index is 1160. The van der Waals surface area contributed by atoms with Crippen molar-refractivity contribution in [2.75, 3.05) is 37.4 Å². The van der Waals surface area contributed by atoms with Crippen molar-refractivity contribution in [3.63, 3.8) is 0 Å². The van der Waals surface area contributed by atoms with Gasteiger partial charge in [-0.25, -0.2) is 9.97 Å². The summed E-state index contributed by atoms with van der Waals surface area (Å²) in [6.07, 6.45) is 3.60. The molecule has 9 nitrogen and oxygen atoms in total. The van der Waals surface area contributed by atoms with E-state index in [-0.39, 0.29) is 12.0 Å². The van der Waals surface area contributed by atoms with Gasteiger partial charge in [0.1, 0.15) is 0 Å². The molecule has 0 radical (unpaired) electrons. The summed E-state index contributed by atoms with van der Waals surface area (Å²) in [5.41, 5.74) is 4.02. The van der Waals surface area contributed by atoms with Gasteiger partial charge in [0.2, 0.25) is 5.95 Å². The first-order valence-electron chi connectivity index (χ1n) is 10.5. The van der Waals surface area contributed by atoms with Crippen LogP contribution in [-0.4, -0.2) is 53.8 Å². The average Bonchev–Trinajstić information content (AvgIpc) is 3.13. The van der Waals surface area contributed by atoms with E-state index in [1.54, 1.807) is 25.4 Å². The molecule has 2 aromatic heterocycles. The number of benzene rings is 1. The first kappa shape index (κ1) is 20.6. The average molecular weight is 455 g/mol. The predicted molar refractivity (Wildman–Crippen MR) is 122 cm³/mol. The van der Waals surface area contributed by atoms with Gasteiger partial charge in [0.25, 0.3) is 5.91 Å². The maximum atomic E-state index is 12.8. The Labute approximate surface area is 189 Å². The Morgan fingerprint density at radius 1 is 1.34 bits per heavy atom. The van der Waals surface area contributed by atoms with E-state index in [9.17, 15) is 4.79 Å². The van der Waals surface area contributed by atoms with Crippen molar-refractivity contribution in [2.24, 2.45) is 0 Å². The van der Waals surface area contributed by atoms with E-state index in [0.717, 1.165) is 18.7 Å². The van der Waals surface area contributed by atoms with Crippen LogP contribution < -0.4 is 20.7 Å². The standard InChI is InChI=1S/C22H23ClN6O3/c1-31-20-13(23)3-2-4-16(20)28-19-17-14(5-8-24-21(17)30)27-18(19)15-6-9-25-22(29-15)26-11-12-7-10-32-12/h2-4,6,9,12,27-28H,5,7-8,10-11H2,1H3,(H,24,30)(H,25,26,29)/t12-/m1/s1. The number of carbonyl (C=O) groups is 1. The largest absolute Gasteiger partial charge is 0.493 e. The van der Waals surface area contributed by atoms with Gasteiger partial charge in [-0.2, -0.15) is 0 Å². The van der Waals surface area contributed by atoms with Gasteiger partial charge in [-0.1, -0.05) is 17.7 Å². The number of nitrogens with zero attached hydrogens (tertiary/aromatic N) is 2. The minimum Gasteiger partial charge on any atom is -0.493 e. The Morgan fingerprint density at radius 3 is 3.00 bits per heavy atom. The fourth-order valence-electron chi connectivity index (χ4n) is 3.88. The van der Waals surface area contributed by atoms with Crippen LogP contribution in [0.3, 0.4) is 0 Å². The van der Waals surface area contributed by atoms with E-state index in [1.807, 2.05) is 12.1 Å². The number of carbonyl (C=O) groups excluding carboxylic acids is 1. The smallest absolute Gasteiger partial charge is 0.255 e. The van der Waals surface area contributed by atoms with Crippen LogP contribution >= 0.6 is 11.6 Å². The molecule has 0 bridgehead atoms. The molecule has 32 heavy (non-hydrogen) atoms. The maximum Gasteiger partial charge on any atom is 0.255 e. The molecule has 10 heteroatoms. The van der Waals surface area contributed by atoms with Crippen LogP contribution in [0.4, 0.5) is 17.3 Å². The SMILES string of the molecule is COc1c(Cl)cccc1Nc1c(-c2ccnc(NC[C@H]3CCO3)n2)[nH]c2c1C(=O)NCC2. The number of nitrogens with one attached hydrogen (secondary N) is 4. The van der Waals surface area contributed by atoms with Gasteiger partial charge in [-0.3, -0.25) is 4.79 Å². The minimum atomic E-state index is -0.146. The molecule has 4 N–H and O–H groups in total. The van der Waals surface area contributed by atoms with Crippen molar-refractivity contribution in [3.8, 4) is 17.1 Å². The van der Waals surface area contributed by atoms with E-state index < -0.39 is 0 Å². The van der Waals surface area contributed by atoms with Gasteiger partial charge in [-0.05, 0) is 24.6 Å². The molecule has 0 saturated carbocycles. The Hall–Kier alpha value is -3.30. The van der Waals surface area contributed by atoms with Crippen LogP contribution in [0.2, 0.25) is 5.02 Å². The van der Waals surface area contributed by atoms with Gasteiger partial charge in [-0.15, -0.1) is 0 Å². The molecule has 0 aliphatic carbocycles. The number of rotatable bonds is 7. The third kappa shape index (κ3) is 3.85. The van der Waals surface area contributed by atoms with Gasteiger partial charge in [0, 0.05) is 38.0 Å². The lowest BCUT2D eigenvalue weighted by Gasteiger charge is -2.26.